The number of hydrogen-bond acceptors (Lipinski definition) is 4. The fourth-order valence-corrected chi connectivity index (χ4v) is 3.28. The molecule has 2 rings (SSSR count). The van der Waals surface area contributed by atoms with Gasteiger partial charge in [0.15, 0.2) is 0 Å². The van der Waals surface area contributed by atoms with Crippen LogP contribution in [0.1, 0.15) is 24.0 Å². The summed E-state index contributed by atoms with van der Waals surface area (Å²) in [5, 5.41) is 11.6. The first kappa shape index (κ1) is 15.5. The minimum Gasteiger partial charge on any atom is -0.352 e. The van der Waals surface area contributed by atoms with Crippen LogP contribution in [0.25, 0.3) is 0 Å². The zero-order valence-electron chi connectivity index (χ0n) is 12.0. The second-order valence-corrected chi connectivity index (χ2v) is 7.21. The highest BCUT2D eigenvalue weighted by Crippen LogP contribution is 2.21. The molecule has 0 radical (unpaired) electrons. The van der Waals surface area contributed by atoms with Gasteiger partial charge in [0.1, 0.15) is 0 Å². The van der Waals surface area contributed by atoms with Gasteiger partial charge in [-0.25, -0.2) is 8.42 Å². The average molecular weight is 307 g/mol. The van der Waals surface area contributed by atoms with E-state index in [0.717, 1.165) is 17.1 Å². The third-order valence-electron chi connectivity index (χ3n) is 3.31. The zero-order valence-corrected chi connectivity index (χ0v) is 12.8. The zero-order chi connectivity index (χ0) is 15.6. The largest absolute Gasteiger partial charge is 0.352 e. The van der Waals surface area contributed by atoms with Crippen LogP contribution in [0.3, 0.4) is 0 Å². The lowest BCUT2D eigenvalue weighted by Crippen LogP contribution is -2.39. The highest BCUT2D eigenvalue weighted by Gasteiger charge is 2.28. The van der Waals surface area contributed by atoms with Gasteiger partial charge in [-0.05, 0) is 37.5 Å². The molecule has 0 saturated heterocycles. The van der Waals surface area contributed by atoms with E-state index in [2.05, 4.69) is 5.32 Å². The molecule has 112 valence electrons. The number of rotatable bonds is 5. The number of nitrogens with zero attached hydrogens (tertiary/aromatic N) is 2. The SMILES string of the molecule is Cc1ccc(C#N)cc1S(=O)(=O)N(C)CC(=O)NC1CC1. The van der Waals surface area contributed by atoms with Crippen molar-refractivity contribution in [3.8, 4) is 6.07 Å². The van der Waals surface area contributed by atoms with E-state index in [1.54, 1.807) is 19.1 Å². The Balaban J connectivity index is 2.20. The monoisotopic (exact) mass is 307 g/mol. The third kappa shape index (κ3) is 3.60. The topological polar surface area (TPSA) is 90.3 Å². The van der Waals surface area contributed by atoms with Crippen LogP contribution in [0, 0.1) is 18.3 Å². The number of nitriles is 1. The number of carbonyl (C=O) groups excluding carboxylic acids is 1. The Hall–Kier alpha value is -1.91. The Morgan fingerprint density at radius 3 is 2.71 bits per heavy atom. The first-order valence-electron chi connectivity index (χ1n) is 6.61. The molecule has 0 heterocycles. The number of likely N-dealkylation sites (N-methyl/N-ethyl adjacent to an activating group) is 1. The summed E-state index contributed by atoms with van der Waals surface area (Å²) < 4.78 is 26.0. The van der Waals surface area contributed by atoms with Gasteiger partial charge in [0.2, 0.25) is 15.9 Å². The second-order valence-electron chi connectivity index (χ2n) is 5.19. The molecule has 0 spiro atoms. The van der Waals surface area contributed by atoms with Crippen molar-refractivity contribution >= 4 is 15.9 Å². The molecule has 0 atom stereocenters. The van der Waals surface area contributed by atoms with Gasteiger partial charge in [-0.15, -0.1) is 0 Å². The van der Waals surface area contributed by atoms with Crippen molar-refractivity contribution in [1.82, 2.24) is 9.62 Å². The molecular formula is C14H17N3O3S. The average Bonchev–Trinajstić information content (AvgIpc) is 3.22. The van der Waals surface area contributed by atoms with Crippen LogP contribution in [0.5, 0.6) is 0 Å². The fourth-order valence-electron chi connectivity index (χ4n) is 1.90. The van der Waals surface area contributed by atoms with E-state index in [9.17, 15) is 13.2 Å². The summed E-state index contributed by atoms with van der Waals surface area (Å²) >= 11 is 0. The number of carbonyl (C=O) groups is 1. The van der Waals surface area contributed by atoms with Crippen LogP contribution >= 0.6 is 0 Å². The number of nitrogens with one attached hydrogen (secondary N) is 1. The molecule has 1 aromatic carbocycles. The first-order valence-corrected chi connectivity index (χ1v) is 8.05. The Bertz CT molecular complexity index is 703. The van der Waals surface area contributed by atoms with Gasteiger partial charge >= 0.3 is 0 Å². The van der Waals surface area contributed by atoms with E-state index >= 15 is 0 Å². The molecule has 21 heavy (non-hydrogen) atoms. The number of sulfonamides is 1. The van der Waals surface area contributed by atoms with Crippen molar-refractivity contribution in [3.63, 3.8) is 0 Å². The van der Waals surface area contributed by atoms with Gasteiger partial charge in [0.05, 0.1) is 23.1 Å². The van der Waals surface area contributed by atoms with Gasteiger partial charge in [-0.2, -0.15) is 9.57 Å². The third-order valence-corrected chi connectivity index (χ3v) is 5.26. The van der Waals surface area contributed by atoms with E-state index in [-0.39, 0.29) is 29.0 Å². The minimum absolute atomic E-state index is 0.0586. The first-order chi connectivity index (χ1) is 9.84. The summed E-state index contributed by atoms with van der Waals surface area (Å²) in [6, 6.07) is 6.59. The molecule has 7 heteroatoms. The molecule has 0 bridgehead atoms. The van der Waals surface area contributed by atoms with Crippen molar-refractivity contribution in [3.05, 3.63) is 29.3 Å². The number of aryl methyl sites for hydroxylation is 1. The molecule has 1 aromatic rings. The second kappa shape index (κ2) is 5.84. The lowest BCUT2D eigenvalue weighted by Gasteiger charge is -2.18. The molecular weight excluding hydrogens is 290 g/mol. The van der Waals surface area contributed by atoms with E-state index < -0.39 is 10.0 Å². The van der Waals surface area contributed by atoms with Crippen LogP contribution in [0.4, 0.5) is 0 Å². The summed E-state index contributed by atoms with van der Waals surface area (Å²) in [7, 11) is -2.43. The molecule has 6 nitrogen and oxygen atoms in total. The minimum atomic E-state index is -3.79. The normalized spacial score (nSPS) is 14.8. The maximum absolute atomic E-state index is 12.5. The van der Waals surface area contributed by atoms with Crippen molar-refractivity contribution in [2.24, 2.45) is 0 Å². The molecule has 1 N–H and O–H groups in total. The molecule has 1 fully saturated rings. The van der Waals surface area contributed by atoms with Crippen molar-refractivity contribution in [2.75, 3.05) is 13.6 Å². The standard InChI is InChI=1S/C14H17N3O3S/c1-10-3-4-11(8-15)7-13(10)21(19,20)17(2)9-14(18)16-12-5-6-12/h3-4,7,12H,5-6,9H2,1-2H3,(H,16,18). The Kier molecular flexibility index (Phi) is 4.30. The summed E-state index contributed by atoms with van der Waals surface area (Å²) in [5.41, 5.74) is 0.818. The van der Waals surface area contributed by atoms with Gasteiger partial charge < -0.3 is 5.32 Å². The quantitative estimate of drug-likeness (QED) is 0.870. The number of hydrogen-bond donors (Lipinski definition) is 1. The Labute approximate surface area is 124 Å². The van der Waals surface area contributed by atoms with Crippen molar-refractivity contribution < 1.29 is 13.2 Å². The van der Waals surface area contributed by atoms with Gasteiger partial charge in [-0.3, -0.25) is 4.79 Å². The van der Waals surface area contributed by atoms with Crippen LogP contribution in [0.2, 0.25) is 0 Å². The molecule has 1 amide bonds. The predicted octanol–water partition coefficient (Wildman–Crippen LogP) is 0.766. The van der Waals surface area contributed by atoms with Crippen LogP contribution in [0.15, 0.2) is 23.1 Å². The van der Waals surface area contributed by atoms with Crippen molar-refractivity contribution in [2.45, 2.75) is 30.7 Å². The highest BCUT2D eigenvalue weighted by molar-refractivity contribution is 7.89. The summed E-state index contributed by atoms with van der Waals surface area (Å²) in [5.74, 6) is -0.308. The van der Waals surface area contributed by atoms with E-state index in [1.807, 2.05) is 6.07 Å². The van der Waals surface area contributed by atoms with Crippen LogP contribution in [-0.2, 0) is 14.8 Å². The smallest absolute Gasteiger partial charge is 0.243 e. The predicted molar refractivity (Wildman–Crippen MR) is 76.9 cm³/mol. The maximum Gasteiger partial charge on any atom is 0.243 e. The molecule has 1 aliphatic rings. The van der Waals surface area contributed by atoms with E-state index in [4.69, 9.17) is 5.26 Å². The number of amides is 1. The number of benzene rings is 1. The van der Waals surface area contributed by atoms with Gasteiger partial charge in [-0.1, -0.05) is 6.07 Å². The molecule has 1 saturated carbocycles. The van der Waals surface area contributed by atoms with Gasteiger partial charge in [0, 0.05) is 13.1 Å². The summed E-state index contributed by atoms with van der Waals surface area (Å²) in [6.45, 7) is 1.43. The fraction of sp³-hybridized carbons (Fsp3) is 0.429. The van der Waals surface area contributed by atoms with Gasteiger partial charge in [0.25, 0.3) is 0 Å². The molecule has 0 aromatic heterocycles. The lowest BCUT2D eigenvalue weighted by molar-refractivity contribution is -0.121. The Morgan fingerprint density at radius 1 is 1.48 bits per heavy atom. The molecule has 0 aliphatic heterocycles. The van der Waals surface area contributed by atoms with E-state index in [0.29, 0.717) is 5.56 Å². The molecule has 0 unspecified atom stereocenters. The Morgan fingerprint density at radius 2 is 2.14 bits per heavy atom. The van der Waals surface area contributed by atoms with Crippen LogP contribution in [-0.4, -0.2) is 38.3 Å². The molecule has 1 aliphatic carbocycles. The maximum atomic E-state index is 12.5. The summed E-state index contributed by atoms with van der Waals surface area (Å²) in [6.07, 6.45) is 1.90. The highest BCUT2D eigenvalue weighted by atomic mass is 32.2. The summed E-state index contributed by atoms with van der Waals surface area (Å²) in [4.78, 5) is 11.8. The van der Waals surface area contributed by atoms with E-state index in [1.165, 1.54) is 13.1 Å². The van der Waals surface area contributed by atoms with Crippen molar-refractivity contribution in [1.29, 1.82) is 5.26 Å². The lowest BCUT2D eigenvalue weighted by atomic mass is 10.2. The van der Waals surface area contributed by atoms with Crippen LogP contribution < -0.4 is 5.32 Å².